The smallest absolute Gasteiger partial charge is 0.116 e. The number of rotatable bonds is 3. The van der Waals surface area contributed by atoms with E-state index in [1.54, 1.807) is 19.3 Å². The highest BCUT2D eigenvalue weighted by molar-refractivity contribution is 7.99. The molecule has 0 aliphatic rings. The van der Waals surface area contributed by atoms with Crippen LogP contribution in [-0.2, 0) is 0 Å². The Morgan fingerprint density at radius 2 is 2.00 bits per heavy atom. The highest BCUT2D eigenvalue weighted by Gasteiger charge is 2.03. The molecule has 0 saturated carbocycles. The molecule has 5 heteroatoms. The largest absolute Gasteiger partial charge is 0.389 e. The molecule has 0 aliphatic heterocycles. The van der Waals surface area contributed by atoms with Crippen molar-refractivity contribution in [3.05, 3.63) is 42.5 Å². The van der Waals surface area contributed by atoms with Crippen molar-refractivity contribution >= 4 is 11.8 Å². The Bertz CT molecular complexity index is 445. The molecule has 0 bridgehead atoms. The zero-order chi connectivity index (χ0) is 11.4. The third kappa shape index (κ3) is 2.77. The van der Waals surface area contributed by atoms with Crippen molar-refractivity contribution in [2.24, 2.45) is 0 Å². The third-order valence-electron chi connectivity index (χ3n) is 2.01. The molecule has 0 radical (unpaired) electrons. The van der Waals surface area contributed by atoms with Crippen LogP contribution in [0.25, 0.3) is 0 Å². The molecule has 0 aromatic carbocycles. The number of hydrogen-bond acceptors (Lipinski definition) is 5. The Morgan fingerprint density at radius 1 is 1.19 bits per heavy atom. The van der Waals surface area contributed by atoms with Gasteiger partial charge in [0.15, 0.2) is 0 Å². The maximum atomic E-state index is 9.34. The lowest BCUT2D eigenvalue weighted by Gasteiger charge is -2.04. The molecule has 0 amide bonds. The van der Waals surface area contributed by atoms with Gasteiger partial charge in [0.2, 0.25) is 0 Å². The zero-order valence-electron chi connectivity index (χ0n) is 8.74. The summed E-state index contributed by atoms with van der Waals surface area (Å²) in [6.07, 6.45) is 4.39. The molecule has 0 spiro atoms. The second kappa shape index (κ2) is 5.05. The summed E-state index contributed by atoms with van der Waals surface area (Å²) in [5, 5.41) is 11.0. The van der Waals surface area contributed by atoms with E-state index in [9.17, 15) is 5.11 Å². The van der Waals surface area contributed by atoms with Crippen LogP contribution in [0.2, 0.25) is 0 Å². The van der Waals surface area contributed by atoms with Crippen molar-refractivity contribution in [3.63, 3.8) is 0 Å². The van der Waals surface area contributed by atoms with Gasteiger partial charge in [-0.15, -0.1) is 0 Å². The van der Waals surface area contributed by atoms with Gasteiger partial charge in [-0.2, -0.15) is 0 Å². The molecule has 82 valence electrons. The van der Waals surface area contributed by atoms with E-state index in [2.05, 4.69) is 15.0 Å². The van der Waals surface area contributed by atoms with Crippen LogP contribution in [0, 0.1) is 0 Å². The molecule has 0 aliphatic carbocycles. The predicted molar refractivity (Wildman–Crippen MR) is 61.0 cm³/mol. The molecule has 16 heavy (non-hydrogen) atoms. The first-order chi connectivity index (χ1) is 7.75. The van der Waals surface area contributed by atoms with Crippen molar-refractivity contribution < 1.29 is 5.11 Å². The highest BCUT2D eigenvalue weighted by Crippen LogP contribution is 2.24. The zero-order valence-corrected chi connectivity index (χ0v) is 9.56. The molecule has 2 rings (SSSR count). The first-order valence-corrected chi connectivity index (χ1v) is 5.65. The van der Waals surface area contributed by atoms with E-state index in [0.29, 0.717) is 0 Å². The van der Waals surface area contributed by atoms with Crippen molar-refractivity contribution in [3.8, 4) is 0 Å². The fourth-order valence-electron chi connectivity index (χ4n) is 1.15. The van der Waals surface area contributed by atoms with E-state index >= 15 is 0 Å². The van der Waals surface area contributed by atoms with E-state index in [1.165, 1.54) is 18.1 Å². The lowest BCUT2D eigenvalue weighted by atomic mass is 10.2. The summed E-state index contributed by atoms with van der Waals surface area (Å²) in [5.41, 5.74) is 0.812. The fourth-order valence-corrected chi connectivity index (χ4v) is 1.83. The maximum Gasteiger partial charge on any atom is 0.116 e. The number of aliphatic hydroxyl groups excluding tert-OH is 1. The van der Waals surface area contributed by atoms with Crippen molar-refractivity contribution in [2.45, 2.75) is 23.1 Å². The quantitative estimate of drug-likeness (QED) is 0.822. The maximum absolute atomic E-state index is 9.34. The van der Waals surface area contributed by atoms with Gasteiger partial charge in [0.25, 0.3) is 0 Å². The number of nitrogens with zero attached hydrogens (tertiary/aromatic N) is 3. The summed E-state index contributed by atoms with van der Waals surface area (Å²) in [5.74, 6) is 0. The van der Waals surface area contributed by atoms with E-state index in [0.717, 1.165) is 15.6 Å². The van der Waals surface area contributed by atoms with Crippen LogP contribution in [0.5, 0.6) is 0 Å². The fraction of sp³-hybridized carbons (Fsp3) is 0.182. The second-order valence-corrected chi connectivity index (χ2v) is 4.30. The molecular weight excluding hydrogens is 222 g/mol. The van der Waals surface area contributed by atoms with Gasteiger partial charge in [-0.3, -0.25) is 0 Å². The lowest BCUT2D eigenvalue weighted by molar-refractivity contribution is 0.198. The monoisotopic (exact) mass is 233 g/mol. The van der Waals surface area contributed by atoms with Crippen LogP contribution >= 0.6 is 11.8 Å². The molecule has 2 aromatic heterocycles. The van der Waals surface area contributed by atoms with Gasteiger partial charge in [-0.25, -0.2) is 15.0 Å². The van der Waals surface area contributed by atoms with Crippen LogP contribution in [0.15, 0.2) is 47.0 Å². The van der Waals surface area contributed by atoms with Gasteiger partial charge in [0.1, 0.15) is 16.4 Å². The van der Waals surface area contributed by atoms with E-state index in [1.807, 2.05) is 18.2 Å². The van der Waals surface area contributed by atoms with Gasteiger partial charge in [-0.1, -0.05) is 6.07 Å². The standard InChI is InChI=1S/C11H11N3OS/c1-8(15)9-2-3-10(13-6-9)16-11-4-5-12-7-14-11/h2-8,15H,1H3/t8-/m0/s1. The van der Waals surface area contributed by atoms with Gasteiger partial charge in [0, 0.05) is 12.4 Å². The molecule has 1 N–H and O–H groups in total. The minimum atomic E-state index is -0.481. The van der Waals surface area contributed by atoms with Gasteiger partial charge < -0.3 is 5.11 Å². The Labute approximate surface area is 97.8 Å². The Balaban J connectivity index is 2.11. The minimum absolute atomic E-state index is 0.481. The lowest BCUT2D eigenvalue weighted by Crippen LogP contribution is -1.92. The van der Waals surface area contributed by atoms with Crippen LogP contribution in [0.1, 0.15) is 18.6 Å². The van der Waals surface area contributed by atoms with Crippen LogP contribution in [0.3, 0.4) is 0 Å². The average molecular weight is 233 g/mol. The molecule has 1 atom stereocenters. The third-order valence-corrected chi connectivity index (χ3v) is 2.91. The minimum Gasteiger partial charge on any atom is -0.389 e. The van der Waals surface area contributed by atoms with Crippen molar-refractivity contribution in [1.29, 1.82) is 0 Å². The SMILES string of the molecule is C[C@H](O)c1ccc(Sc2ccncn2)nc1. The summed E-state index contributed by atoms with van der Waals surface area (Å²) in [7, 11) is 0. The number of aliphatic hydroxyl groups is 1. The molecule has 2 heterocycles. The van der Waals surface area contributed by atoms with Crippen LogP contribution in [0.4, 0.5) is 0 Å². The topological polar surface area (TPSA) is 58.9 Å². The number of aromatic nitrogens is 3. The summed E-state index contributed by atoms with van der Waals surface area (Å²) in [6, 6.07) is 5.56. The van der Waals surface area contributed by atoms with Crippen molar-refractivity contribution in [2.75, 3.05) is 0 Å². The number of hydrogen-bond donors (Lipinski definition) is 1. The van der Waals surface area contributed by atoms with Gasteiger partial charge in [0.05, 0.1) is 6.10 Å². The summed E-state index contributed by atoms with van der Waals surface area (Å²) in [6.45, 7) is 1.72. The first kappa shape index (κ1) is 11.0. The Kier molecular flexibility index (Phi) is 3.48. The predicted octanol–water partition coefficient (Wildman–Crippen LogP) is 2.08. The average Bonchev–Trinajstić information content (AvgIpc) is 2.31. The summed E-state index contributed by atoms with van der Waals surface area (Å²) < 4.78 is 0. The van der Waals surface area contributed by atoms with Gasteiger partial charge >= 0.3 is 0 Å². The van der Waals surface area contributed by atoms with E-state index < -0.39 is 6.10 Å². The van der Waals surface area contributed by atoms with Crippen LogP contribution in [-0.4, -0.2) is 20.1 Å². The normalized spacial score (nSPS) is 12.4. The molecule has 0 unspecified atom stereocenters. The Morgan fingerprint density at radius 3 is 2.56 bits per heavy atom. The van der Waals surface area contributed by atoms with Crippen LogP contribution < -0.4 is 0 Å². The summed E-state index contributed by atoms with van der Waals surface area (Å²) in [4.78, 5) is 12.2. The van der Waals surface area contributed by atoms with Crippen molar-refractivity contribution in [1.82, 2.24) is 15.0 Å². The number of pyridine rings is 1. The molecule has 2 aromatic rings. The summed E-state index contributed by atoms with van der Waals surface area (Å²) >= 11 is 1.46. The van der Waals surface area contributed by atoms with E-state index in [4.69, 9.17) is 0 Å². The second-order valence-electron chi connectivity index (χ2n) is 3.26. The van der Waals surface area contributed by atoms with Gasteiger partial charge in [-0.05, 0) is 36.4 Å². The molecule has 4 nitrogen and oxygen atoms in total. The molecular formula is C11H11N3OS. The Hall–Kier alpha value is -1.46. The van der Waals surface area contributed by atoms with E-state index in [-0.39, 0.29) is 0 Å². The highest BCUT2D eigenvalue weighted by atomic mass is 32.2. The first-order valence-electron chi connectivity index (χ1n) is 4.83. The molecule has 0 fully saturated rings. The molecule has 0 saturated heterocycles.